The highest BCUT2D eigenvalue weighted by atomic mass is 35.5. The molecule has 0 fully saturated rings. The number of aliphatic hydroxyl groups excluding tert-OH is 1. The zero-order chi connectivity index (χ0) is 15.5. The van der Waals surface area contributed by atoms with Crippen LogP contribution in [0.1, 0.15) is 20.3 Å². The number of hydrogen-bond donors (Lipinski definition) is 3. The highest BCUT2D eigenvalue weighted by molar-refractivity contribution is 7.89. The molecule has 2 unspecified atom stereocenters. The molecule has 2 atom stereocenters. The van der Waals surface area contributed by atoms with Crippen molar-refractivity contribution in [3.8, 4) is 0 Å². The van der Waals surface area contributed by atoms with Gasteiger partial charge in [0.15, 0.2) is 0 Å². The van der Waals surface area contributed by atoms with Gasteiger partial charge in [-0.25, -0.2) is 13.1 Å². The minimum atomic E-state index is -3.71. The lowest BCUT2D eigenvalue weighted by atomic mass is 10.1. The number of nitrogens with two attached hydrogens (primary N) is 1. The van der Waals surface area contributed by atoms with Crippen LogP contribution in [0.15, 0.2) is 17.0 Å². The van der Waals surface area contributed by atoms with Gasteiger partial charge in [0.1, 0.15) is 0 Å². The first kappa shape index (κ1) is 17.5. The van der Waals surface area contributed by atoms with Crippen LogP contribution in [-0.4, -0.2) is 26.2 Å². The van der Waals surface area contributed by atoms with Gasteiger partial charge in [-0.3, -0.25) is 0 Å². The van der Waals surface area contributed by atoms with E-state index in [2.05, 4.69) is 4.72 Å². The van der Waals surface area contributed by atoms with E-state index in [-0.39, 0.29) is 33.1 Å². The van der Waals surface area contributed by atoms with Crippen molar-refractivity contribution < 1.29 is 13.5 Å². The van der Waals surface area contributed by atoms with E-state index in [1.807, 2.05) is 6.92 Å². The summed E-state index contributed by atoms with van der Waals surface area (Å²) in [5, 5.41) is 9.43. The molecule has 0 radical (unpaired) electrons. The number of nitrogen functional groups attached to an aromatic ring is 1. The Morgan fingerprint density at radius 1 is 1.30 bits per heavy atom. The molecule has 0 spiro atoms. The molecule has 1 aromatic carbocycles. The van der Waals surface area contributed by atoms with E-state index < -0.39 is 16.1 Å². The number of halogens is 2. The van der Waals surface area contributed by atoms with Gasteiger partial charge in [0.05, 0.1) is 26.7 Å². The van der Waals surface area contributed by atoms with Crippen molar-refractivity contribution >= 4 is 38.9 Å². The standard InChI is InChI=1S/C12H18Cl2N2O3S/c1-7(3-8(2)17)6-16-20(18,19)9-4-10(13)12(15)11(14)5-9/h4-5,7-8,16-17H,3,6,15H2,1-2H3. The van der Waals surface area contributed by atoms with Gasteiger partial charge >= 0.3 is 0 Å². The zero-order valence-corrected chi connectivity index (χ0v) is 13.6. The lowest BCUT2D eigenvalue weighted by Gasteiger charge is -2.15. The number of nitrogens with one attached hydrogen (secondary N) is 1. The van der Waals surface area contributed by atoms with Gasteiger partial charge in [0, 0.05) is 6.54 Å². The SMILES string of the molecule is CC(O)CC(C)CNS(=O)(=O)c1cc(Cl)c(N)c(Cl)c1. The molecule has 114 valence electrons. The van der Waals surface area contributed by atoms with Gasteiger partial charge in [-0.2, -0.15) is 0 Å². The largest absolute Gasteiger partial charge is 0.396 e. The first-order valence-electron chi connectivity index (χ1n) is 6.05. The average Bonchev–Trinajstić information content (AvgIpc) is 2.32. The number of sulfonamides is 1. The minimum Gasteiger partial charge on any atom is -0.396 e. The molecule has 4 N–H and O–H groups in total. The van der Waals surface area contributed by atoms with Crippen molar-refractivity contribution in [2.75, 3.05) is 12.3 Å². The summed E-state index contributed by atoms with van der Waals surface area (Å²) in [6, 6.07) is 2.51. The van der Waals surface area contributed by atoms with E-state index in [0.717, 1.165) is 0 Å². The van der Waals surface area contributed by atoms with Crippen molar-refractivity contribution in [2.24, 2.45) is 5.92 Å². The summed E-state index contributed by atoms with van der Waals surface area (Å²) in [4.78, 5) is -0.0362. The fourth-order valence-corrected chi connectivity index (χ4v) is 3.55. The summed E-state index contributed by atoms with van der Waals surface area (Å²) >= 11 is 11.6. The fourth-order valence-electron chi connectivity index (χ4n) is 1.72. The second kappa shape index (κ2) is 6.95. The van der Waals surface area contributed by atoms with E-state index in [1.54, 1.807) is 6.92 Å². The summed E-state index contributed by atoms with van der Waals surface area (Å²) in [6.45, 7) is 3.72. The van der Waals surface area contributed by atoms with Gasteiger partial charge in [0.2, 0.25) is 10.0 Å². The minimum absolute atomic E-state index is 0.00417. The maximum atomic E-state index is 12.1. The van der Waals surface area contributed by atoms with Crippen molar-refractivity contribution in [3.63, 3.8) is 0 Å². The Morgan fingerprint density at radius 2 is 1.80 bits per heavy atom. The molecule has 1 aromatic rings. The van der Waals surface area contributed by atoms with Crippen LogP contribution in [0.2, 0.25) is 10.0 Å². The molecular weight excluding hydrogens is 323 g/mol. The van der Waals surface area contributed by atoms with Gasteiger partial charge in [0.25, 0.3) is 0 Å². The molecule has 0 aliphatic carbocycles. The third kappa shape index (κ3) is 4.79. The molecule has 0 heterocycles. The summed E-state index contributed by atoms with van der Waals surface area (Å²) in [6.07, 6.45) is 0.0288. The van der Waals surface area contributed by atoms with Crippen LogP contribution in [0.4, 0.5) is 5.69 Å². The van der Waals surface area contributed by atoms with Crippen LogP contribution >= 0.6 is 23.2 Å². The highest BCUT2D eigenvalue weighted by Crippen LogP contribution is 2.30. The highest BCUT2D eigenvalue weighted by Gasteiger charge is 2.18. The summed E-state index contributed by atoms with van der Waals surface area (Å²) in [5.41, 5.74) is 5.71. The Kier molecular flexibility index (Phi) is 6.09. The quantitative estimate of drug-likeness (QED) is 0.692. The third-order valence-corrected chi connectivity index (χ3v) is 4.76. The zero-order valence-electron chi connectivity index (χ0n) is 11.2. The molecule has 1 rings (SSSR count). The van der Waals surface area contributed by atoms with Gasteiger partial charge < -0.3 is 10.8 Å². The van der Waals surface area contributed by atoms with Gasteiger partial charge in [-0.15, -0.1) is 0 Å². The number of rotatable bonds is 6. The van der Waals surface area contributed by atoms with Crippen LogP contribution in [0.25, 0.3) is 0 Å². The molecule has 5 nitrogen and oxygen atoms in total. The molecule has 8 heteroatoms. The van der Waals surface area contributed by atoms with Crippen LogP contribution < -0.4 is 10.5 Å². The average molecular weight is 341 g/mol. The molecule has 20 heavy (non-hydrogen) atoms. The lowest BCUT2D eigenvalue weighted by molar-refractivity contribution is 0.165. The van der Waals surface area contributed by atoms with Crippen LogP contribution in [0.5, 0.6) is 0 Å². The topological polar surface area (TPSA) is 92.4 Å². The normalized spacial score (nSPS) is 15.1. The molecule has 0 aliphatic rings. The van der Waals surface area contributed by atoms with E-state index in [0.29, 0.717) is 6.42 Å². The number of hydrogen-bond acceptors (Lipinski definition) is 4. The van der Waals surface area contributed by atoms with E-state index in [1.165, 1.54) is 12.1 Å². The molecule has 0 saturated carbocycles. The number of aliphatic hydroxyl groups is 1. The Morgan fingerprint density at radius 3 is 2.25 bits per heavy atom. The summed E-state index contributed by atoms with van der Waals surface area (Å²) < 4.78 is 26.7. The molecule has 0 amide bonds. The first-order valence-corrected chi connectivity index (χ1v) is 8.29. The molecular formula is C12H18Cl2N2O3S. The Bertz CT molecular complexity index is 553. The number of benzene rings is 1. The maximum absolute atomic E-state index is 12.1. The van der Waals surface area contributed by atoms with Gasteiger partial charge in [-0.1, -0.05) is 30.1 Å². The first-order chi connectivity index (χ1) is 9.13. The molecule has 0 aromatic heterocycles. The van der Waals surface area contributed by atoms with Crippen molar-refractivity contribution in [2.45, 2.75) is 31.3 Å². The van der Waals surface area contributed by atoms with Crippen LogP contribution in [0, 0.1) is 5.92 Å². The maximum Gasteiger partial charge on any atom is 0.240 e. The molecule has 0 saturated heterocycles. The summed E-state index contributed by atoms with van der Waals surface area (Å²) in [5.74, 6) is 0.00417. The Hall–Kier alpha value is -0.530. The van der Waals surface area contributed by atoms with Crippen molar-refractivity contribution in [1.82, 2.24) is 4.72 Å². The monoisotopic (exact) mass is 340 g/mol. The van der Waals surface area contributed by atoms with Gasteiger partial charge in [-0.05, 0) is 31.4 Å². The van der Waals surface area contributed by atoms with E-state index in [9.17, 15) is 13.5 Å². The predicted octanol–water partition coefficient (Wildman–Crippen LogP) is 2.26. The fraction of sp³-hybridized carbons (Fsp3) is 0.500. The smallest absolute Gasteiger partial charge is 0.240 e. The second-order valence-electron chi connectivity index (χ2n) is 4.84. The van der Waals surface area contributed by atoms with E-state index >= 15 is 0 Å². The van der Waals surface area contributed by atoms with Crippen LogP contribution in [-0.2, 0) is 10.0 Å². The third-order valence-electron chi connectivity index (χ3n) is 2.73. The molecule has 0 bridgehead atoms. The Labute approximate surface area is 129 Å². The molecule has 0 aliphatic heterocycles. The lowest BCUT2D eigenvalue weighted by Crippen LogP contribution is -2.29. The number of anilines is 1. The van der Waals surface area contributed by atoms with Crippen molar-refractivity contribution in [3.05, 3.63) is 22.2 Å². The summed E-state index contributed by atoms with van der Waals surface area (Å²) in [7, 11) is -3.71. The predicted molar refractivity (Wildman–Crippen MR) is 81.5 cm³/mol. The van der Waals surface area contributed by atoms with Crippen molar-refractivity contribution in [1.29, 1.82) is 0 Å². The second-order valence-corrected chi connectivity index (χ2v) is 7.42. The van der Waals surface area contributed by atoms with Crippen LogP contribution in [0.3, 0.4) is 0 Å². The Balaban J connectivity index is 2.84. The van der Waals surface area contributed by atoms with E-state index in [4.69, 9.17) is 28.9 Å².